The van der Waals surface area contributed by atoms with Crippen LogP contribution >= 0.6 is 0 Å². The number of piperidine rings is 1. The Balaban J connectivity index is 1.43. The van der Waals surface area contributed by atoms with Crippen LogP contribution in [-0.4, -0.2) is 49.7 Å². The lowest BCUT2D eigenvalue weighted by molar-refractivity contribution is -0.117. The van der Waals surface area contributed by atoms with Crippen molar-refractivity contribution < 1.29 is 14.3 Å². The van der Waals surface area contributed by atoms with Crippen molar-refractivity contribution in [2.24, 2.45) is 5.92 Å². The molecule has 1 N–H and O–H groups in total. The van der Waals surface area contributed by atoms with Gasteiger partial charge in [0.2, 0.25) is 5.91 Å². The van der Waals surface area contributed by atoms with Gasteiger partial charge in [-0.1, -0.05) is 25.3 Å². The first-order valence-corrected chi connectivity index (χ1v) is 11.6. The predicted molar refractivity (Wildman–Crippen MR) is 122 cm³/mol. The number of rotatable bonds is 8. The summed E-state index contributed by atoms with van der Waals surface area (Å²) >= 11 is 0. The molecule has 0 aromatic heterocycles. The highest BCUT2D eigenvalue weighted by Crippen LogP contribution is 2.29. The first-order chi connectivity index (χ1) is 14.5. The first-order valence-electron chi connectivity index (χ1n) is 11.6. The van der Waals surface area contributed by atoms with Crippen LogP contribution in [0.2, 0.25) is 0 Å². The summed E-state index contributed by atoms with van der Waals surface area (Å²) in [4.78, 5) is 15.0. The maximum atomic E-state index is 12.4. The van der Waals surface area contributed by atoms with Crippen LogP contribution in [0.1, 0.15) is 64.4 Å². The van der Waals surface area contributed by atoms with Gasteiger partial charge in [-0.05, 0) is 69.2 Å². The Morgan fingerprint density at radius 1 is 1.13 bits per heavy atom. The standard InChI is InChI=1S/C25H38N2O3/c1-19(2)30-23-11-9-20(17-24(23)29-3)10-12-25(28)26-22-13-15-27(16-14-22)18-21-7-5-4-6-8-21/h9-12,17,19,21-22H,4-8,13-16,18H2,1-3H3,(H,26,28)/b12-10+. The topological polar surface area (TPSA) is 50.8 Å². The molecule has 1 saturated heterocycles. The molecular formula is C25H38N2O3. The highest BCUT2D eigenvalue weighted by atomic mass is 16.5. The van der Waals surface area contributed by atoms with E-state index in [-0.39, 0.29) is 18.1 Å². The van der Waals surface area contributed by atoms with Crippen molar-refractivity contribution >= 4 is 12.0 Å². The molecule has 0 radical (unpaired) electrons. The molecule has 1 aromatic rings. The Labute approximate surface area is 181 Å². The van der Waals surface area contributed by atoms with E-state index < -0.39 is 0 Å². The van der Waals surface area contributed by atoms with E-state index in [1.54, 1.807) is 13.2 Å². The highest BCUT2D eigenvalue weighted by molar-refractivity contribution is 5.92. The van der Waals surface area contributed by atoms with E-state index in [1.165, 1.54) is 38.6 Å². The van der Waals surface area contributed by atoms with E-state index in [9.17, 15) is 4.79 Å². The van der Waals surface area contributed by atoms with Gasteiger partial charge in [0, 0.05) is 31.8 Å². The van der Waals surface area contributed by atoms with E-state index in [0.29, 0.717) is 11.5 Å². The van der Waals surface area contributed by atoms with Gasteiger partial charge >= 0.3 is 0 Å². The molecule has 1 aliphatic carbocycles. The molecule has 1 aromatic carbocycles. The number of likely N-dealkylation sites (tertiary alicyclic amines) is 1. The molecular weight excluding hydrogens is 376 g/mol. The lowest BCUT2D eigenvalue weighted by Gasteiger charge is -2.35. The number of hydrogen-bond acceptors (Lipinski definition) is 4. The maximum absolute atomic E-state index is 12.4. The number of amides is 1. The lowest BCUT2D eigenvalue weighted by atomic mass is 9.88. The number of carbonyl (C=O) groups is 1. The van der Waals surface area contributed by atoms with Crippen molar-refractivity contribution in [2.75, 3.05) is 26.7 Å². The fraction of sp³-hybridized carbons (Fsp3) is 0.640. The van der Waals surface area contributed by atoms with Crippen LogP contribution in [-0.2, 0) is 4.79 Å². The van der Waals surface area contributed by atoms with Gasteiger partial charge in [0.05, 0.1) is 13.2 Å². The number of hydrogen-bond donors (Lipinski definition) is 1. The smallest absolute Gasteiger partial charge is 0.244 e. The van der Waals surface area contributed by atoms with Gasteiger partial charge in [-0.2, -0.15) is 0 Å². The summed E-state index contributed by atoms with van der Waals surface area (Å²) in [7, 11) is 1.63. The van der Waals surface area contributed by atoms with Gasteiger partial charge in [0.1, 0.15) is 0 Å². The van der Waals surface area contributed by atoms with E-state index in [0.717, 1.165) is 37.4 Å². The van der Waals surface area contributed by atoms with Crippen LogP contribution in [0.25, 0.3) is 6.08 Å². The molecule has 5 nitrogen and oxygen atoms in total. The summed E-state index contributed by atoms with van der Waals surface area (Å²) in [6, 6.07) is 6.00. The number of ether oxygens (including phenoxy) is 2. The molecule has 30 heavy (non-hydrogen) atoms. The molecule has 1 aliphatic heterocycles. The number of benzene rings is 1. The van der Waals surface area contributed by atoms with E-state index in [4.69, 9.17) is 9.47 Å². The Kier molecular flexibility index (Phi) is 8.61. The van der Waals surface area contributed by atoms with Crippen molar-refractivity contribution in [3.63, 3.8) is 0 Å². The number of carbonyl (C=O) groups excluding carboxylic acids is 1. The molecule has 166 valence electrons. The van der Waals surface area contributed by atoms with Crippen molar-refractivity contribution in [2.45, 2.75) is 70.9 Å². The second-order valence-electron chi connectivity index (χ2n) is 9.00. The van der Waals surface area contributed by atoms with Crippen LogP contribution in [0.15, 0.2) is 24.3 Å². The molecule has 1 saturated carbocycles. The SMILES string of the molecule is COc1cc(/C=C/C(=O)NC2CCN(CC3CCCCC3)CC2)ccc1OC(C)C. The van der Waals surface area contributed by atoms with E-state index >= 15 is 0 Å². The maximum Gasteiger partial charge on any atom is 0.244 e. The number of nitrogens with one attached hydrogen (secondary N) is 1. The Hall–Kier alpha value is -2.01. The van der Waals surface area contributed by atoms with Crippen molar-refractivity contribution in [1.82, 2.24) is 10.2 Å². The Morgan fingerprint density at radius 3 is 2.53 bits per heavy atom. The fourth-order valence-corrected chi connectivity index (χ4v) is 4.56. The van der Waals surface area contributed by atoms with Gasteiger partial charge in [0.15, 0.2) is 11.5 Å². The summed E-state index contributed by atoms with van der Waals surface area (Å²) in [6.45, 7) is 7.41. The molecule has 3 rings (SSSR count). The second-order valence-corrected chi connectivity index (χ2v) is 9.00. The zero-order chi connectivity index (χ0) is 21.3. The molecule has 0 bridgehead atoms. The van der Waals surface area contributed by atoms with Crippen molar-refractivity contribution in [3.8, 4) is 11.5 Å². The third-order valence-corrected chi connectivity index (χ3v) is 6.15. The number of nitrogens with zero attached hydrogens (tertiary/aromatic N) is 1. The minimum absolute atomic E-state index is 0.0257. The Bertz CT molecular complexity index is 702. The molecule has 0 unspecified atom stereocenters. The van der Waals surface area contributed by atoms with Crippen molar-refractivity contribution in [1.29, 1.82) is 0 Å². The molecule has 2 fully saturated rings. The largest absolute Gasteiger partial charge is 0.493 e. The first kappa shape index (κ1) is 22.7. The molecule has 0 spiro atoms. The summed E-state index contributed by atoms with van der Waals surface area (Å²) in [5, 5.41) is 3.17. The van der Waals surface area contributed by atoms with Gasteiger partial charge in [0.25, 0.3) is 0 Å². The van der Waals surface area contributed by atoms with Crippen LogP contribution in [0.4, 0.5) is 0 Å². The summed E-state index contributed by atoms with van der Waals surface area (Å²) in [5.74, 6) is 2.26. The lowest BCUT2D eigenvalue weighted by Crippen LogP contribution is -2.45. The van der Waals surface area contributed by atoms with Crippen LogP contribution < -0.4 is 14.8 Å². The summed E-state index contributed by atoms with van der Waals surface area (Å²) < 4.78 is 11.2. The quantitative estimate of drug-likeness (QED) is 0.629. The third kappa shape index (κ3) is 7.05. The van der Waals surface area contributed by atoms with Crippen LogP contribution in [0, 0.1) is 5.92 Å². The molecule has 1 amide bonds. The average Bonchev–Trinajstić information content (AvgIpc) is 2.75. The minimum Gasteiger partial charge on any atom is -0.493 e. The van der Waals surface area contributed by atoms with Crippen LogP contribution in [0.3, 0.4) is 0 Å². The zero-order valence-electron chi connectivity index (χ0n) is 18.9. The number of methoxy groups -OCH3 is 1. The summed E-state index contributed by atoms with van der Waals surface area (Å²) in [5.41, 5.74) is 0.917. The van der Waals surface area contributed by atoms with Crippen LogP contribution in [0.5, 0.6) is 11.5 Å². The van der Waals surface area contributed by atoms with E-state index in [2.05, 4.69) is 10.2 Å². The normalized spacial score (nSPS) is 19.3. The zero-order valence-corrected chi connectivity index (χ0v) is 18.9. The molecule has 5 heteroatoms. The van der Waals surface area contributed by atoms with Gasteiger partial charge < -0.3 is 19.7 Å². The molecule has 2 aliphatic rings. The van der Waals surface area contributed by atoms with Gasteiger partial charge in [-0.25, -0.2) is 0 Å². The monoisotopic (exact) mass is 414 g/mol. The van der Waals surface area contributed by atoms with Gasteiger partial charge in [-0.3, -0.25) is 4.79 Å². The molecule has 1 heterocycles. The van der Waals surface area contributed by atoms with Crippen molar-refractivity contribution in [3.05, 3.63) is 29.8 Å². The second kappa shape index (κ2) is 11.4. The fourth-order valence-electron chi connectivity index (χ4n) is 4.56. The highest BCUT2D eigenvalue weighted by Gasteiger charge is 2.23. The third-order valence-electron chi connectivity index (χ3n) is 6.15. The Morgan fingerprint density at radius 2 is 1.87 bits per heavy atom. The predicted octanol–water partition coefficient (Wildman–Crippen LogP) is 4.66. The molecule has 0 atom stereocenters. The summed E-state index contributed by atoms with van der Waals surface area (Å²) in [6.07, 6.45) is 12.6. The van der Waals surface area contributed by atoms with Gasteiger partial charge in [-0.15, -0.1) is 0 Å². The average molecular weight is 415 g/mol. The minimum atomic E-state index is -0.0257. The van der Waals surface area contributed by atoms with E-state index in [1.807, 2.05) is 38.1 Å².